The summed E-state index contributed by atoms with van der Waals surface area (Å²) >= 11 is 0. The van der Waals surface area contributed by atoms with Crippen molar-refractivity contribution in [3.8, 4) is 0 Å². The Labute approximate surface area is 170 Å². The predicted molar refractivity (Wildman–Crippen MR) is 109 cm³/mol. The highest BCUT2D eigenvalue weighted by Gasteiger charge is 2.38. The summed E-state index contributed by atoms with van der Waals surface area (Å²) in [5.74, 6) is -3.91. The van der Waals surface area contributed by atoms with E-state index in [1.165, 1.54) is 32.6 Å². The standard InChI is InChI=1S/C22H40O6/c1-4-6-8-10-12-14-16-27-21(25)19(18(3)23)20(24)22(26)28-17-15-13-11-9-7-5-2/h19-20,24H,4-17H2,1-3H3/t19?,20-/m0/s1. The molecule has 6 heteroatoms. The topological polar surface area (TPSA) is 89.9 Å². The molecule has 0 aromatic carbocycles. The summed E-state index contributed by atoms with van der Waals surface area (Å²) in [6.07, 6.45) is 10.7. The molecule has 0 rings (SSSR count). The van der Waals surface area contributed by atoms with E-state index in [1.54, 1.807) is 0 Å². The Hall–Kier alpha value is -1.43. The molecule has 0 bridgehead atoms. The fourth-order valence-electron chi connectivity index (χ4n) is 2.94. The number of rotatable bonds is 18. The molecule has 0 amide bonds. The number of ketones is 1. The number of hydrogen-bond donors (Lipinski definition) is 1. The molecule has 1 unspecified atom stereocenters. The molecule has 0 aliphatic rings. The minimum atomic E-state index is -1.81. The SMILES string of the molecule is CCCCCCCCOC(=O)C(C(C)=O)[C@H](O)C(=O)OCCCCCCCC. The van der Waals surface area contributed by atoms with E-state index in [4.69, 9.17) is 9.47 Å². The fraction of sp³-hybridized carbons (Fsp3) is 0.864. The monoisotopic (exact) mass is 400 g/mol. The molecule has 2 atom stereocenters. The predicted octanol–water partition coefficient (Wildman–Crippen LogP) is 4.36. The van der Waals surface area contributed by atoms with Crippen molar-refractivity contribution in [2.45, 2.75) is 104 Å². The molecule has 0 heterocycles. The first-order valence-corrected chi connectivity index (χ1v) is 11.0. The average Bonchev–Trinajstić information content (AvgIpc) is 2.66. The highest BCUT2D eigenvalue weighted by molar-refractivity contribution is 6.02. The van der Waals surface area contributed by atoms with Crippen LogP contribution in [-0.4, -0.2) is 42.1 Å². The molecule has 0 spiro atoms. The van der Waals surface area contributed by atoms with E-state index in [2.05, 4.69) is 13.8 Å². The largest absolute Gasteiger partial charge is 0.465 e. The van der Waals surface area contributed by atoms with E-state index in [9.17, 15) is 19.5 Å². The lowest BCUT2D eigenvalue weighted by Gasteiger charge is -2.18. The third-order valence-electron chi connectivity index (χ3n) is 4.73. The van der Waals surface area contributed by atoms with Gasteiger partial charge < -0.3 is 14.6 Å². The number of hydrogen-bond acceptors (Lipinski definition) is 6. The zero-order valence-corrected chi connectivity index (χ0v) is 18.0. The van der Waals surface area contributed by atoms with Gasteiger partial charge in [-0.05, 0) is 19.8 Å². The normalized spacial score (nSPS) is 13.0. The summed E-state index contributed by atoms with van der Waals surface area (Å²) in [4.78, 5) is 35.9. The van der Waals surface area contributed by atoms with Crippen LogP contribution in [0.2, 0.25) is 0 Å². The highest BCUT2D eigenvalue weighted by Crippen LogP contribution is 2.13. The molecule has 1 N–H and O–H groups in total. The van der Waals surface area contributed by atoms with Crippen LogP contribution in [0.15, 0.2) is 0 Å². The van der Waals surface area contributed by atoms with Crippen molar-refractivity contribution in [3.63, 3.8) is 0 Å². The number of carbonyl (C=O) groups excluding carboxylic acids is 3. The van der Waals surface area contributed by atoms with E-state index in [-0.39, 0.29) is 13.2 Å². The van der Waals surface area contributed by atoms with Crippen molar-refractivity contribution in [1.82, 2.24) is 0 Å². The van der Waals surface area contributed by atoms with Gasteiger partial charge in [-0.2, -0.15) is 0 Å². The van der Waals surface area contributed by atoms with Crippen LogP contribution >= 0.6 is 0 Å². The van der Waals surface area contributed by atoms with E-state index in [1.807, 2.05) is 0 Å². The minimum absolute atomic E-state index is 0.180. The number of carbonyl (C=O) groups is 3. The number of unbranched alkanes of at least 4 members (excludes halogenated alkanes) is 10. The third kappa shape index (κ3) is 12.9. The highest BCUT2D eigenvalue weighted by atomic mass is 16.6. The summed E-state index contributed by atoms with van der Waals surface area (Å²) in [6.45, 7) is 5.83. The smallest absolute Gasteiger partial charge is 0.336 e. The molecular weight excluding hydrogens is 360 g/mol. The Morgan fingerprint density at radius 1 is 0.679 bits per heavy atom. The number of Topliss-reactive ketones (excluding diaryl/α,β-unsaturated/α-hetero) is 1. The molecule has 0 saturated heterocycles. The van der Waals surface area contributed by atoms with Gasteiger partial charge in [0.2, 0.25) is 0 Å². The molecule has 0 saturated carbocycles. The molecule has 164 valence electrons. The van der Waals surface area contributed by atoms with Gasteiger partial charge in [0, 0.05) is 0 Å². The van der Waals surface area contributed by atoms with Gasteiger partial charge in [0.25, 0.3) is 0 Å². The van der Waals surface area contributed by atoms with Crippen LogP contribution in [0.25, 0.3) is 0 Å². The van der Waals surface area contributed by atoms with E-state index in [0.29, 0.717) is 12.8 Å². The number of ether oxygens (including phenoxy) is 2. The second kappa shape index (κ2) is 17.7. The van der Waals surface area contributed by atoms with Crippen LogP contribution in [0.4, 0.5) is 0 Å². The molecule has 0 aliphatic heterocycles. The molecular formula is C22H40O6. The molecule has 0 radical (unpaired) electrons. The van der Waals surface area contributed by atoms with Crippen molar-refractivity contribution in [3.05, 3.63) is 0 Å². The van der Waals surface area contributed by atoms with Crippen molar-refractivity contribution < 1.29 is 29.0 Å². The molecule has 6 nitrogen and oxygen atoms in total. The summed E-state index contributed by atoms with van der Waals surface area (Å²) in [5.41, 5.74) is 0. The molecule has 0 fully saturated rings. The summed E-state index contributed by atoms with van der Waals surface area (Å²) in [7, 11) is 0. The summed E-state index contributed by atoms with van der Waals surface area (Å²) in [5, 5.41) is 10.1. The second-order valence-electron chi connectivity index (χ2n) is 7.40. The second-order valence-corrected chi connectivity index (χ2v) is 7.40. The van der Waals surface area contributed by atoms with Gasteiger partial charge in [-0.1, -0.05) is 78.1 Å². The molecule has 0 aromatic heterocycles. The summed E-state index contributed by atoms with van der Waals surface area (Å²) < 4.78 is 10.1. The zero-order chi connectivity index (χ0) is 21.2. The van der Waals surface area contributed by atoms with Gasteiger partial charge in [0.15, 0.2) is 12.0 Å². The van der Waals surface area contributed by atoms with Crippen LogP contribution in [-0.2, 0) is 23.9 Å². The first-order valence-electron chi connectivity index (χ1n) is 11.0. The lowest BCUT2D eigenvalue weighted by molar-refractivity contribution is -0.169. The van der Waals surface area contributed by atoms with Crippen LogP contribution in [0.3, 0.4) is 0 Å². The lowest BCUT2D eigenvalue weighted by atomic mass is 9.98. The van der Waals surface area contributed by atoms with Gasteiger partial charge in [0.05, 0.1) is 13.2 Å². The maximum Gasteiger partial charge on any atom is 0.336 e. The van der Waals surface area contributed by atoms with Gasteiger partial charge in [-0.25, -0.2) is 4.79 Å². The molecule has 0 aliphatic carbocycles. The average molecular weight is 401 g/mol. The Morgan fingerprint density at radius 3 is 1.50 bits per heavy atom. The third-order valence-corrected chi connectivity index (χ3v) is 4.73. The Morgan fingerprint density at radius 2 is 1.07 bits per heavy atom. The number of aliphatic hydroxyl groups excluding tert-OH is 1. The van der Waals surface area contributed by atoms with Crippen molar-refractivity contribution >= 4 is 17.7 Å². The fourth-order valence-corrected chi connectivity index (χ4v) is 2.94. The van der Waals surface area contributed by atoms with Crippen LogP contribution in [0, 0.1) is 5.92 Å². The van der Waals surface area contributed by atoms with E-state index < -0.39 is 29.7 Å². The maximum atomic E-state index is 12.1. The maximum absolute atomic E-state index is 12.1. The van der Waals surface area contributed by atoms with Gasteiger partial charge in [0.1, 0.15) is 5.78 Å². The molecule has 28 heavy (non-hydrogen) atoms. The van der Waals surface area contributed by atoms with Crippen LogP contribution < -0.4 is 0 Å². The van der Waals surface area contributed by atoms with Crippen molar-refractivity contribution in [2.75, 3.05) is 13.2 Å². The van der Waals surface area contributed by atoms with Gasteiger partial charge in [-0.3, -0.25) is 9.59 Å². The Balaban J connectivity index is 4.17. The van der Waals surface area contributed by atoms with Crippen LogP contribution in [0.5, 0.6) is 0 Å². The quantitative estimate of drug-likeness (QED) is 0.209. The Bertz CT molecular complexity index is 435. The number of aliphatic hydroxyl groups is 1. The lowest BCUT2D eigenvalue weighted by Crippen LogP contribution is -2.41. The van der Waals surface area contributed by atoms with E-state index in [0.717, 1.165) is 38.5 Å². The van der Waals surface area contributed by atoms with Gasteiger partial charge in [-0.15, -0.1) is 0 Å². The van der Waals surface area contributed by atoms with Crippen molar-refractivity contribution in [2.24, 2.45) is 5.92 Å². The number of esters is 2. The minimum Gasteiger partial charge on any atom is -0.465 e. The van der Waals surface area contributed by atoms with Crippen LogP contribution in [0.1, 0.15) is 97.8 Å². The Kier molecular flexibility index (Phi) is 16.8. The zero-order valence-electron chi connectivity index (χ0n) is 18.0. The van der Waals surface area contributed by atoms with E-state index >= 15 is 0 Å². The first kappa shape index (κ1) is 26.6. The van der Waals surface area contributed by atoms with Gasteiger partial charge >= 0.3 is 11.9 Å². The van der Waals surface area contributed by atoms with Crippen molar-refractivity contribution in [1.29, 1.82) is 0 Å². The first-order chi connectivity index (χ1) is 13.5. The summed E-state index contributed by atoms with van der Waals surface area (Å²) in [6, 6.07) is 0. The molecule has 0 aromatic rings.